The molecule has 5 unspecified atom stereocenters. The third-order valence-electron chi connectivity index (χ3n) is 6.45. The topological polar surface area (TPSA) is 15.3 Å². The molecule has 5 atom stereocenters. The van der Waals surface area contributed by atoms with Gasteiger partial charge in [0.2, 0.25) is 0 Å². The Kier molecular flexibility index (Phi) is 5.04. The first kappa shape index (κ1) is 14.8. The normalized spacial score (nSPS) is 42.6. The molecule has 0 bridgehead atoms. The highest BCUT2D eigenvalue weighted by Crippen LogP contribution is 2.41. The van der Waals surface area contributed by atoms with Crippen LogP contribution in [0.25, 0.3) is 0 Å². The molecule has 3 fully saturated rings. The zero-order valence-electron chi connectivity index (χ0n) is 13.6. The Balaban J connectivity index is 1.70. The van der Waals surface area contributed by atoms with Crippen molar-refractivity contribution in [2.24, 2.45) is 11.8 Å². The standard InChI is InChI=1S/C18H34N2/c1-3-14-9-10-16(19-4-2)18(13-14)20-12-11-15-7-5-6-8-17(15)20/h14-19H,3-13H2,1-2H3. The zero-order chi connectivity index (χ0) is 13.9. The minimum atomic E-state index is 0.767. The quantitative estimate of drug-likeness (QED) is 0.841. The van der Waals surface area contributed by atoms with Gasteiger partial charge in [0.1, 0.15) is 0 Å². The molecule has 3 aliphatic rings. The summed E-state index contributed by atoms with van der Waals surface area (Å²) in [6.45, 7) is 7.19. The maximum atomic E-state index is 3.81. The van der Waals surface area contributed by atoms with Gasteiger partial charge in [-0.05, 0) is 63.5 Å². The van der Waals surface area contributed by atoms with Gasteiger partial charge in [0.15, 0.2) is 0 Å². The second kappa shape index (κ2) is 6.79. The molecule has 1 aliphatic heterocycles. The first-order valence-corrected chi connectivity index (χ1v) is 9.32. The van der Waals surface area contributed by atoms with Crippen LogP contribution in [0.15, 0.2) is 0 Å². The highest BCUT2D eigenvalue weighted by Gasteiger charge is 2.42. The predicted molar refractivity (Wildman–Crippen MR) is 86.0 cm³/mol. The number of nitrogens with one attached hydrogen (secondary N) is 1. The smallest absolute Gasteiger partial charge is 0.0255 e. The van der Waals surface area contributed by atoms with Crippen LogP contribution in [-0.2, 0) is 0 Å². The van der Waals surface area contributed by atoms with Gasteiger partial charge >= 0.3 is 0 Å². The largest absolute Gasteiger partial charge is 0.313 e. The summed E-state index contributed by atoms with van der Waals surface area (Å²) in [6.07, 6.45) is 13.2. The summed E-state index contributed by atoms with van der Waals surface area (Å²) in [7, 11) is 0. The van der Waals surface area contributed by atoms with Gasteiger partial charge < -0.3 is 5.32 Å². The summed E-state index contributed by atoms with van der Waals surface area (Å²) in [5.74, 6) is 2.02. The van der Waals surface area contributed by atoms with Gasteiger partial charge in [-0.3, -0.25) is 4.90 Å². The van der Waals surface area contributed by atoms with Crippen molar-refractivity contribution >= 4 is 0 Å². The van der Waals surface area contributed by atoms with Crippen molar-refractivity contribution in [3.63, 3.8) is 0 Å². The van der Waals surface area contributed by atoms with Crippen molar-refractivity contribution in [1.29, 1.82) is 0 Å². The van der Waals surface area contributed by atoms with Crippen LogP contribution in [0, 0.1) is 11.8 Å². The Hall–Kier alpha value is -0.0800. The molecule has 0 radical (unpaired) electrons. The number of likely N-dealkylation sites (N-methyl/N-ethyl adjacent to an activating group) is 1. The number of nitrogens with zero attached hydrogens (tertiary/aromatic N) is 1. The lowest BCUT2D eigenvalue weighted by atomic mass is 9.78. The minimum Gasteiger partial charge on any atom is -0.313 e. The van der Waals surface area contributed by atoms with Crippen molar-refractivity contribution in [2.75, 3.05) is 13.1 Å². The van der Waals surface area contributed by atoms with Gasteiger partial charge in [0, 0.05) is 18.1 Å². The molecular weight excluding hydrogens is 244 g/mol. The number of likely N-dealkylation sites (tertiary alicyclic amines) is 1. The Bertz CT molecular complexity index is 304. The van der Waals surface area contributed by atoms with Gasteiger partial charge in [0.05, 0.1) is 0 Å². The molecule has 2 nitrogen and oxygen atoms in total. The van der Waals surface area contributed by atoms with Crippen LogP contribution in [0.4, 0.5) is 0 Å². The SMILES string of the molecule is CCNC1CCC(CC)CC1N1CCC2CCCCC21. The van der Waals surface area contributed by atoms with Crippen molar-refractivity contribution in [1.82, 2.24) is 10.2 Å². The first-order chi connectivity index (χ1) is 9.83. The van der Waals surface area contributed by atoms with E-state index in [1.165, 1.54) is 64.3 Å². The Morgan fingerprint density at radius 2 is 1.80 bits per heavy atom. The number of rotatable bonds is 4. The van der Waals surface area contributed by atoms with E-state index in [9.17, 15) is 0 Å². The third-order valence-corrected chi connectivity index (χ3v) is 6.45. The maximum Gasteiger partial charge on any atom is 0.0255 e. The van der Waals surface area contributed by atoms with E-state index in [-0.39, 0.29) is 0 Å². The highest BCUT2D eigenvalue weighted by molar-refractivity contribution is 4.99. The third kappa shape index (κ3) is 2.92. The molecule has 20 heavy (non-hydrogen) atoms. The molecule has 3 rings (SSSR count). The van der Waals surface area contributed by atoms with Crippen LogP contribution in [0.5, 0.6) is 0 Å². The fraction of sp³-hybridized carbons (Fsp3) is 1.00. The lowest BCUT2D eigenvalue weighted by molar-refractivity contribution is 0.0645. The lowest BCUT2D eigenvalue weighted by Crippen LogP contribution is -2.55. The van der Waals surface area contributed by atoms with Gasteiger partial charge in [0.25, 0.3) is 0 Å². The Morgan fingerprint density at radius 3 is 2.60 bits per heavy atom. The number of hydrogen-bond donors (Lipinski definition) is 1. The summed E-state index contributed by atoms with van der Waals surface area (Å²) in [5, 5.41) is 3.81. The first-order valence-electron chi connectivity index (χ1n) is 9.32. The molecule has 2 aliphatic carbocycles. The molecule has 0 aromatic heterocycles. The van der Waals surface area contributed by atoms with Crippen molar-refractivity contribution in [3.8, 4) is 0 Å². The van der Waals surface area contributed by atoms with E-state index in [1.807, 2.05) is 0 Å². The van der Waals surface area contributed by atoms with E-state index in [0.717, 1.165) is 36.5 Å². The molecular formula is C18H34N2. The van der Waals surface area contributed by atoms with Crippen LogP contribution >= 0.6 is 0 Å². The predicted octanol–water partition coefficient (Wildman–Crippen LogP) is 3.81. The molecule has 0 aromatic carbocycles. The second-order valence-electron chi connectivity index (χ2n) is 7.46. The van der Waals surface area contributed by atoms with Crippen LogP contribution < -0.4 is 5.32 Å². The summed E-state index contributed by atoms with van der Waals surface area (Å²) >= 11 is 0. The van der Waals surface area contributed by atoms with Crippen LogP contribution in [0.1, 0.15) is 71.6 Å². The summed E-state index contributed by atoms with van der Waals surface area (Å²) in [4.78, 5) is 2.96. The second-order valence-corrected chi connectivity index (χ2v) is 7.46. The molecule has 2 saturated carbocycles. The maximum absolute atomic E-state index is 3.81. The van der Waals surface area contributed by atoms with E-state index >= 15 is 0 Å². The minimum absolute atomic E-state index is 0.767. The van der Waals surface area contributed by atoms with E-state index in [1.54, 1.807) is 0 Å². The summed E-state index contributed by atoms with van der Waals surface area (Å²) < 4.78 is 0. The van der Waals surface area contributed by atoms with E-state index < -0.39 is 0 Å². The van der Waals surface area contributed by atoms with Crippen molar-refractivity contribution in [2.45, 2.75) is 89.8 Å². The number of fused-ring (bicyclic) bond motifs is 1. The highest BCUT2D eigenvalue weighted by atomic mass is 15.2. The molecule has 1 heterocycles. The molecule has 2 heteroatoms. The van der Waals surface area contributed by atoms with Gasteiger partial charge in [-0.15, -0.1) is 0 Å². The summed E-state index contributed by atoms with van der Waals surface area (Å²) in [5.41, 5.74) is 0. The molecule has 1 saturated heterocycles. The average molecular weight is 278 g/mol. The molecule has 0 aromatic rings. The van der Waals surface area contributed by atoms with Gasteiger partial charge in [-0.1, -0.05) is 33.1 Å². The fourth-order valence-electron chi connectivity index (χ4n) is 5.32. The van der Waals surface area contributed by atoms with E-state index in [2.05, 4.69) is 24.1 Å². The van der Waals surface area contributed by atoms with Gasteiger partial charge in [-0.2, -0.15) is 0 Å². The van der Waals surface area contributed by atoms with Crippen molar-refractivity contribution in [3.05, 3.63) is 0 Å². The number of hydrogen-bond acceptors (Lipinski definition) is 2. The van der Waals surface area contributed by atoms with Crippen molar-refractivity contribution < 1.29 is 0 Å². The van der Waals surface area contributed by atoms with Crippen LogP contribution in [0.2, 0.25) is 0 Å². The lowest BCUT2D eigenvalue weighted by Gasteiger charge is -2.45. The molecule has 0 amide bonds. The molecule has 0 spiro atoms. The van der Waals surface area contributed by atoms with Crippen LogP contribution in [0.3, 0.4) is 0 Å². The van der Waals surface area contributed by atoms with Gasteiger partial charge in [-0.25, -0.2) is 0 Å². The average Bonchev–Trinajstić information content (AvgIpc) is 2.92. The molecule has 116 valence electrons. The van der Waals surface area contributed by atoms with E-state index in [0.29, 0.717) is 0 Å². The Morgan fingerprint density at radius 1 is 0.950 bits per heavy atom. The fourth-order valence-corrected chi connectivity index (χ4v) is 5.32. The van der Waals surface area contributed by atoms with E-state index in [4.69, 9.17) is 0 Å². The summed E-state index contributed by atoms with van der Waals surface area (Å²) in [6, 6.07) is 2.54. The van der Waals surface area contributed by atoms with Crippen LogP contribution in [-0.4, -0.2) is 36.1 Å². The molecule has 1 N–H and O–H groups in total. The monoisotopic (exact) mass is 278 g/mol. The Labute approximate surface area is 125 Å². The zero-order valence-corrected chi connectivity index (χ0v) is 13.6.